The molecule has 0 radical (unpaired) electrons. The van der Waals surface area contributed by atoms with E-state index in [-0.39, 0.29) is 0 Å². The Balaban J connectivity index is 3.16. The van der Waals surface area contributed by atoms with Gasteiger partial charge in [-0.15, -0.1) is 13.2 Å². The van der Waals surface area contributed by atoms with Gasteiger partial charge in [0.15, 0.2) is 0 Å². The Morgan fingerprint density at radius 1 is 1.12 bits per heavy atom. The summed E-state index contributed by atoms with van der Waals surface area (Å²) < 4.78 is 0. The van der Waals surface area contributed by atoms with Gasteiger partial charge in [-0.05, 0) is 18.2 Å². The fourth-order valence-corrected chi connectivity index (χ4v) is 4.50. The molecule has 0 saturated carbocycles. The van der Waals surface area contributed by atoms with Gasteiger partial charge in [-0.25, -0.2) is 0 Å². The van der Waals surface area contributed by atoms with E-state index in [1.54, 1.807) is 12.1 Å². The molecule has 16 heavy (non-hydrogen) atoms. The molecule has 1 aromatic rings. The molecule has 0 aliphatic rings. The quantitative estimate of drug-likeness (QED) is 0.588. The van der Waals surface area contributed by atoms with Crippen molar-refractivity contribution in [2.45, 2.75) is 12.1 Å². The Morgan fingerprint density at radius 2 is 1.75 bits per heavy atom. The highest BCUT2D eigenvalue weighted by molar-refractivity contribution is 6.74. The number of phenols is 1. The molecule has 0 spiro atoms. The summed E-state index contributed by atoms with van der Waals surface area (Å²) in [5.41, 5.74) is 0.878. The van der Waals surface area contributed by atoms with Gasteiger partial charge in [-0.1, -0.05) is 42.1 Å². The summed E-state index contributed by atoms with van der Waals surface area (Å²) in [5, 5.41) is 11.0. The molecule has 0 aromatic heterocycles. The third-order valence-electron chi connectivity index (χ3n) is 2.66. The van der Waals surface area contributed by atoms with Crippen molar-refractivity contribution in [3.63, 3.8) is 0 Å². The van der Waals surface area contributed by atoms with E-state index in [0.29, 0.717) is 5.75 Å². The van der Waals surface area contributed by atoms with Gasteiger partial charge in [0.1, 0.15) is 5.75 Å². The first-order chi connectivity index (χ1) is 7.74. The predicted octanol–water partition coefficient (Wildman–Crippen LogP) is 2.84. The average molecular weight is 230 g/mol. The van der Waals surface area contributed by atoms with Crippen molar-refractivity contribution < 1.29 is 5.11 Å². The Bertz CT molecular complexity index is 386. The van der Waals surface area contributed by atoms with Gasteiger partial charge in [0.2, 0.25) is 0 Å². The standard InChI is InChI=1S/C14H18OSi/c1-4-10-16(11-5-2)14-9-7-8-13(15)12(14)6-3/h4-9,15-16H,1-3,10-11H2. The van der Waals surface area contributed by atoms with E-state index in [1.807, 2.05) is 18.2 Å². The van der Waals surface area contributed by atoms with Crippen molar-refractivity contribution >= 4 is 20.1 Å². The van der Waals surface area contributed by atoms with Crippen molar-refractivity contribution in [2.24, 2.45) is 0 Å². The molecule has 1 aromatic carbocycles. The molecular formula is C14H18OSi. The average Bonchev–Trinajstić information content (AvgIpc) is 2.28. The molecule has 0 aliphatic heterocycles. The minimum atomic E-state index is -1.14. The summed E-state index contributed by atoms with van der Waals surface area (Å²) in [7, 11) is -1.14. The first kappa shape index (κ1) is 12.5. The van der Waals surface area contributed by atoms with E-state index < -0.39 is 8.80 Å². The van der Waals surface area contributed by atoms with E-state index in [0.717, 1.165) is 17.7 Å². The summed E-state index contributed by atoms with van der Waals surface area (Å²) in [6.45, 7) is 11.4. The minimum absolute atomic E-state index is 0.318. The third-order valence-corrected chi connectivity index (χ3v) is 5.85. The van der Waals surface area contributed by atoms with Crippen molar-refractivity contribution in [3.05, 3.63) is 55.7 Å². The fraction of sp³-hybridized carbons (Fsp3) is 0.143. The summed E-state index contributed by atoms with van der Waals surface area (Å²) in [6, 6.07) is 7.70. The molecule has 84 valence electrons. The monoisotopic (exact) mass is 230 g/mol. The first-order valence-electron chi connectivity index (χ1n) is 5.40. The van der Waals surface area contributed by atoms with E-state index in [9.17, 15) is 5.11 Å². The SMILES string of the molecule is C=CC[SiH](CC=C)c1cccc(O)c1C=C. The summed E-state index contributed by atoms with van der Waals surface area (Å²) >= 11 is 0. The van der Waals surface area contributed by atoms with Gasteiger partial charge in [0, 0.05) is 5.56 Å². The second-order valence-electron chi connectivity index (χ2n) is 3.73. The smallest absolute Gasteiger partial charge is 0.122 e. The third kappa shape index (κ3) is 2.73. The van der Waals surface area contributed by atoms with Crippen LogP contribution in [-0.4, -0.2) is 13.9 Å². The second-order valence-corrected chi connectivity index (χ2v) is 6.69. The number of phenolic OH excluding ortho intramolecular Hbond substituents is 1. The summed E-state index contributed by atoms with van der Waals surface area (Å²) in [4.78, 5) is 0. The number of hydrogen-bond acceptors (Lipinski definition) is 1. The molecule has 0 aliphatic carbocycles. The lowest BCUT2D eigenvalue weighted by molar-refractivity contribution is 0.474. The molecule has 0 saturated heterocycles. The van der Waals surface area contributed by atoms with Crippen LogP contribution in [0, 0.1) is 0 Å². The van der Waals surface area contributed by atoms with Crippen molar-refractivity contribution in [2.75, 3.05) is 0 Å². The van der Waals surface area contributed by atoms with Crippen LogP contribution in [0.1, 0.15) is 5.56 Å². The Kier molecular flexibility index (Phi) is 4.80. The van der Waals surface area contributed by atoms with Crippen molar-refractivity contribution in [3.8, 4) is 5.75 Å². The van der Waals surface area contributed by atoms with E-state index in [1.165, 1.54) is 5.19 Å². The zero-order valence-electron chi connectivity index (χ0n) is 9.52. The zero-order valence-corrected chi connectivity index (χ0v) is 10.7. The highest BCUT2D eigenvalue weighted by Gasteiger charge is 2.15. The number of aromatic hydroxyl groups is 1. The van der Waals surface area contributed by atoms with Crippen molar-refractivity contribution in [1.82, 2.24) is 0 Å². The lowest BCUT2D eigenvalue weighted by atomic mass is 10.2. The highest BCUT2D eigenvalue weighted by Crippen LogP contribution is 2.17. The van der Waals surface area contributed by atoms with Crippen LogP contribution in [-0.2, 0) is 0 Å². The molecule has 2 heteroatoms. The Hall–Kier alpha value is -1.54. The van der Waals surface area contributed by atoms with Gasteiger partial charge in [0.05, 0.1) is 8.80 Å². The lowest BCUT2D eigenvalue weighted by Gasteiger charge is -2.15. The van der Waals surface area contributed by atoms with Gasteiger partial charge in [-0.2, -0.15) is 0 Å². The van der Waals surface area contributed by atoms with Gasteiger partial charge < -0.3 is 5.11 Å². The molecule has 1 N–H and O–H groups in total. The maximum absolute atomic E-state index is 9.78. The molecule has 1 nitrogen and oxygen atoms in total. The number of hydrogen-bond donors (Lipinski definition) is 1. The maximum Gasteiger partial charge on any atom is 0.122 e. The predicted molar refractivity (Wildman–Crippen MR) is 75.0 cm³/mol. The molecule has 0 heterocycles. The minimum Gasteiger partial charge on any atom is -0.507 e. The number of benzene rings is 1. The zero-order chi connectivity index (χ0) is 12.0. The Labute approximate surface area is 99.1 Å². The van der Waals surface area contributed by atoms with Crippen LogP contribution in [0.15, 0.2) is 50.1 Å². The van der Waals surface area contributed by atoms with Gasteiger partial charge in [0.25, 0.3) is 0 Å². The largest absolute Gasteiger partial charge is 0.507 e. The maximum atomic E-state index is 9.78. The lowest BCUT2D eigenvalue weighted by Crippen LogP contribution is -2.30. The fourth-order valence-electron chi connectivity index (χ4n) is 1.90. The van der Waals surface area contributed by atoms with Gasteiger partial charge >= 0.3 is 0 Å². The number of rotatable bonds is 6. The van der Waals surface area contributed by atoms with Crippen molar-refractivity contribution in [1.29, 1.82) is 0 Å². The molecule has 0 atom stereocenters. The molecule has 1 rings (SSSR count). The first-order valence-corrected chi connectivity index (χ1v) is 7.61. The number of allylic oxidation sites excluding steroid dienone is 2. The molecule has 0 fully saturated rings. The summed E-state index contributed by atoms with van der Waals surface area (Å²) in [5.74, 6) is 0.318. The highest BCUT2D eigenvalue weighted by atomic mass is 28.3. The molecular weight excluding hydrogens is 212 g/mol. The van der Waals surface area contributed by atoms with Crippen LogP contribution in [0.4, 0.5) is 0 Å². The molecule has 0 amide bonds. The van der Waals surface area contributed by atoms with Crippen LogP contribution < -0.4 is 5.19 Å². The molecule has 0 bridgehead atoms. The van der Waals surface area contributed by atoms with Crippen LogP contribution in [0.2, 0.25) is 12.1 Å². The topological polar surface area (TPSA) is 20.2 Å². The van der Waals surface area contributed by atoms with E-state index in [4.69, 9.17) is 0 Å². The van der Waals surface area contributed by atoms with Crippen LogP contribution in [0.3, 0.4) is 0 Å². The van der Waals surface area contributed by atoms with Crippen LogP contribution in [0.5, 0.6) is 5.75 Å². The normalized spacial score (nSPS) is 10.1. The Morgan fingerprint density at radius 3 is 2.25 bits per heavy atom. The van der Waals surface area contributed by atoms with Gasteiger partial charge in [-0.3, -0.25) is 0 Å². The van der Waals surface area contributed by atoms with Crippen LogP contribution >= 0.6 is 0 Å². The summed E-state index contributed by atoms with van der Waals surface area (Å²) in [6.07, 6.45) is 5.64. The van der Waals surface area contributed by atoms with Crippen LogP contribution in [0.25, 0.3) is 6.08 Å². The molecule has 0 unspecified atom stereocenters. The van der Waals surface area contributed by atoms with E-state index >= 15 is 0 Å². The second kappa shape index (κ2) is 6.13. The van der Waals surface area contributed by atoms with E-state index in [2.05, 4.69) is 25.8 Å².